The molecule has 0 amide bonds. The Bertz CT molecular complexity index is 586. The van der Waals surface area contributed by atoms with Crippen molar-refractivity contribution in [3.8, 4) is 11.1 Å². The lowest BCUT2D eigenvalue weighted by atomic mass is 10.0. The van der Waals surface area contributed by atoms with Crippen LogP contribution in [0.15, 0.2) is 12.3 Å². The number of hydrogen-bond donors (Lipinski definition) is 2. The van der Waals surface area contributed by atoms with Gasteiger partial charge in [-0.2, -0.15) is 5.10 Å². The van der Waals surface area contributed by atoms with Gasteiger partial charge in [0, 0.05) is 28.8 Å². The van der Waals surface area contributed by atoms with Gasteiger partial charge in [-0.3, -0.25) is 5.10 Å². The van der Waals surface area contributed by atoms with Gasteiger partial charge in [-0.15, -0.1) is 0 Å². The lowest BCUT2D eigenvalue weighted by Gasteiger charge is -2.09. The summed E-state index contributed by atoms with van der Waals surface area (Å²) in [5.41, 5.74) is 5.76. The summed E-state index contributed by atoms with van der Waals surface area (Å²) in [5.74, 6) is -1.93. The fourth-order valence-electron chi connectivity index (χ4n) is 1.62. The quantitative estimate of drug-likeness (QED) is 0.845. The molecule has 0 unspecified atom stereocenters. The number of nitrogens with two attached hydrogens (primary N) is 1. The molecule has 0 atom stereocenters. The number of nitrogens with zero attached hydrogens (tertiary/aromatic N) is 1. The van der Waals surface area contributed by atoms with Gasteiger partial charge in [0.25, 0.3) is 0 Å². The molecule has 1 aromatic heterocycles. The molecule has 96 valence electrons. The van der Waals surface area contributed by atoms with Crippen LogP contribution in [0.1, 0.15) is 5.56 Å². The van der Waals surface area contributed by atoms with Crippen molar-refractivity contribution in [1.29, 1.82) is 0 Å². The molecule has 0 aliphatic carbocycles. The van der Waals surface area contributed by atoms with Gasteiger partial charge in [0.05, 0.1) is 12.8 Å². The molecule has 0 aliphatic heterocycles. The van der Waals surface area contributed by atoms with Gasteiger partial charge in [0.1, 0.15) is 5.82 Å². The molecule has 2 aromatic rings. The molecule has 3 N–H and O–H groups in total. The average molecular weight is 274 g/mol. The Morgan fingerprint density at radius 2 is 2.11 bits per heavy atom. The van der Waals surface area contributed by atoms with Gasteiger partial charge in [-0.25, -0.2) is 8.78 Å². The van der Waals surface area contributed by atoms with E-state index >= 15 is 0 Å². The van der Waals surface area contributed by atoms with Crippen LogP contribution in [0.3, 0.4) is 0 Å². The first-order valence-corrected chi connectivity index (χ1v) is 5.38. The minimum Gasteiger partial charge on any atom is -0.384 e. The Labute approximate surface area is 107 Å². The van der Waals surface area contributed by atoms with Crippen LogP contribution in [0.5, 0.6) is 0 Å². The van der Waals surface area contributed by atoms with Gasteiger partial charge < -0.3 is 10.5 Å². The van der Waals surface area contributed by atoms with Gasteiger partial charge in [0.2, 0.25) is 0 Å². The van der Waals surface area contributed by atoms with Gasteiger partial charge in [-0.1, -0.05) is 11.6 Å². The SMILES string of the molecule is COCc1c(Cl)cc(-c2cn[nH]c2N)c(F)c1F. The Morgan fingerprint density at radius 1 is 1.39 bits per heavy atom. The Hall–Kier alpha value is -1.66. The molecule has 0 spiro atoms. The van der Waals surface area contributed by atoms with E-state index in [0.717, 1.165) is 0 Å². The summed E-state index contributed by atoms with van der Waals surface area (Å²) < 4.78 is 32.5. The van der Waals surface area contributed by atoms with Crippen LogP contribution in [0, 0.1) is 11.6 Å². The van der Waals surface area contributed by atoms with Crippen molar-refractivity contribution in [3.63, 3.8) is 0 Å². The van der Waals surface area contributed by atoms with Gasteiger partial charge in [0.15, 0.2) is 11.6 Å². The zero-order valence-electron chi connectivity index (χ0n) is 9.43. The highest BCUT2D eigenvalue weighted by atomic mass is 35.5. The van der Waals surface area contributed by atoms with Crippen molar-refractivity contribution in [2.75, 3.05) is 12.8 Å². The predicted octanol–water partition coefficient (Wildman–Crippen LogP) is 2.74. The Morgan fingerprint density at radius 3 is 2.67 bits per heavy atom. The number of methoxy groups -OCH3 is 1. The molecule has 7 heteroatoms. The van der Waals surface area contributed by atoms with Crippen molar-refractivity contribution in [2.24, 2.45) is 0 Å². The second kappa shape index (κ2) is 4.91. The largest absolute Gasteiger partial charge is 0.384 e. The summed E-state index contributed by atoms with van der Waals surface area (Å²) in [7, 11) is 1.37. The smallest absolute Gasteiger partial charge is 0.167 e. The van der Waals surface area contributed by atoms with Crippen LogP contribution in [0.4, 0.5) is 14.6 Å². The van der Waals surface area contributed by atoms with Crippen LogP contribution in [-0.4, -0.2) is 17.3 Å². The van der Waals surface area contributed by atoms with E-state index in [2.05, 4.69) is 10.2 Å². The highest BCUT2D eigenvalue weighted by molar-refractivity contribution is 6.31. The first kappa shape index (κ1) is 12.8. The first-order valence-electron chi connectivity index (χ1n) is 5.00. The summed E-state index contributed by atoms with van der Waals surface area (Å²) in [6, 6.07) is 1.30. The topological polar surface area (TPSA) is 63.9 Å². The number of hydrogen-bond acceptors (Lipinski definition) is 3. The number of aromatic amines is 1. The second-order valence-corrected chi connectivity index (χ2v) is 4.05. The maximum absolute atomic E-state index is 13.9. The number of ether oxygens (including phenoxy) is 1. The first-order chi connectivity index (χ1) is 8.56. The summed E-state index contributed by atoms with van der Waals surface area (Å²) in [6.45, 7) is -0.108. The normalized spacial score (nSPS) is 10.9. The number of aromatic nitrogens is 2. The summed E-state index contributed by atoms with van der Waals surface area (Å²) in [4.78, 5) is 0. The molecular weight excluding hydrogens is 264 g/mol. The number of rotatable bonds is 3. The van der Waals surface area contributed by atoms with Crippen LogP contribution >= 0.6 is 11.6 Å². The monoisotopic (exact) mass is 273 g/mol. The van der Waals surface area contributed by atoms with E-state index in [9.17, 15) is 8.78 Å². The fraction of sp³-hybridized carbons (Fsp3) is 0.182. The van der Waals surface area contributed by atoms with Crippen LogP contribution in [-0.2, 0) is 11.3 Å². The minimum atomic E-state index is -1.04. The van der Waals surface area contributed by atoms with E-state index in [-0.39, 0.29) is 34.1 Å². The summed E-state index contributed by atoms with van der Waals surface area (Å²) in [5, 5.41) is 6.17. The van der Waals surface area contributed by atoms with E-state index < -0.39 is 11.6 Å². The van der Waals surface area contributed by atoms with Crippen molar-refractivity contribution in [3.05, 3.63) is 34.5 Å². The number of benzene rings is 1. The Kier molecular flexibility index (Phi) is 3.49. The molecule has 18 heavy (non-hydrogen) atoms. The molecule has 1 aromatic carbocycles. The van der Waals surface area contributed by atoms with E-state index in [1.165, 1.54) is 19.4 Å². The molecule has 0 saturated carbocycles. The average Bonchev–Trinajstić information content (AvgIpc) is 2.75. The van der Waals surface area contributed by atoms with E-state index in [1.54, 1.807) is 0 Å². The van der Waals surface area contributed by atoms with Crippen LogP contribution in [0.25, 0.3) is 11.1 Å². The molecule has 0 bridgehead atoms. The highest BCUT2D eigenvalue weighted by Crippen LogP contribution is 2.33. The van der Waals surface area contributed by atoms with Crippen molar-refractivity contribution in [1.82, 2.24) is 10.2 Å². The molecule has 0 aliphatic rings. The minimum absolute atomic E-state index is 0.0255. The zero-order valence-corrected chi connectivity index (χ0v) is 10.2. The number of nitrogen functional groups attached to an aromatic ring is 1. The summed E-state index contributed by atoms with van der Waals surface area (Å²) >= 11 is 5.90. The van der Waals surface area contributed by atoms with E-state index in [0.29, 0.717) is 0 Å². The van der Waals surface area contributed by atoms with Crippen molar-refractivity contribution < 1.29 is 13.5 Å². The number of anilines is 1. The zero-order chi connectivity index (χ0) is 13.3. The number of nitrogens with one attached hydrogen (secondary N) is 1. The molecule has 0 radical (unpaired) electrons. The summed E-state index contributed by atoms with van der Waals surface area (Å²) in [6.07, 6.45) is 1.31. The molecule has 4 nitrogen and oxygen atoms in total. The van der Waals surface area contributed by atoms with E-state index in [4.69, 9.17) is 22.1 Å². The number of H-pyrrole nitrogens is 1. The molecule has 1 heterocycles. The lowest BCUT2D eigenvalue weighted by molar-refractivity contribution is 0.180. The molecule has 0 saturated heterocycles. The maximum Gasteiger partial charge on any atom is 0.167 e. The third kappa shape index (κ3) is 2.04. The predicted molar refractivity (Wildman–Crippen MR) is 64.1 cm³/mol. The molecule has 2 rings (SSSR count). The third-order valence-electron chi connectivity index (χ3n) is 2.50. The highest BCUT2D eigenvalue weighted by Gasteiger charge is 2.20. The maximum atomic E-state index is 13.9. The third-order valence-corrected chi connectivity index (χ3v) is 2.84. The van der Waals surface area contributed by atoms with Gasteiger partial charge in [-0.05, 0) is 6.07 Å². The second-order valence-electron chi connectivity index (χ2n) is 3.64. The number of halogens is 3. The van der Waals surface area contributed by atoms with Crippen molar-refractivity contribution >= 4 is 17.4 Å². The molecular formula is C11H10ClF2N3O. The molecule has 0 fully saturated rings. The van der Waals surface area contributed by atoms with E-state index in [1.807, 2.05) is 0 Å². The van der Waals surface area contributed by atoms with Crippen LogP contribution in [0.2, 0.25) is 5.02 Å². The van der Waals surface area contributed by atoms with Gasteiger partial charge >= 0.3 is 0 Å². The lowest BCUT2D eigenvalue weighted by Crippen LogP contribution is -2.01. The Balaban J connectivity index is 2.62. The fourth-order valence-corrected chi connectivity index (χ4v) is 1.86. The van der Waals surface area contributed by atoms with Crippen molar-refractivity contribution in [2.45, 2.75) is 6.61 Å². The van der Waals surface area contributed by atoms with Crippen LogP contribution < -0.4 is 5.73 Å². The standard InChI is InChI=1S/C11H10ClF2N3O/c1-18-4-7-8(12)2-5(9(13)10(7)14)6-3-16-17-11(6)15/h2-3H,4H2,1H3,(H3,15,16,17).